The molecular formula is C23H24N5O3+. The van der Waals surface area contributed by atoms with E-state index in [9.17, 15) is 9.59 Å². The number of aromatic nitrogens is 3. The molecule has 3 N–H and O–H groups in total. The molecule has 0 aliphatic carbocycles. The third-order valence-corrected chi connectivity index (χ3v) is 5.16. The van der Waals surface area contributed by atoms with Gasteiger partial charge in [-0.15, -0.1) is 0 Å². The number of fused-ring (bicyclic) bond motifs is 2. The van der Waals surface area contributed by atoms with Crippen LogP contribution >= 0.6 is 0 Å². The molecular weight excluding hydrogens is 394 g/mol. The summed E-state index contributed by atoms with van der Waals surface area (Å²) in [6.07, 6.45) is 2.44. The van der Waals surface area contributed by atoms with Crippen LogP contribution in [0, 0.1) is 0 Å². The van der Waals surface area contributed by atoms with Crippen molar-refractivity contribution in [1.82, 2.24) is 14.7 Å². The van der Waals surface area contributed by atoms with E-state index < -0.39 is 0 Å². The van der Waals surface area contributed by atoms with Gasteiger partial charge in [-0.2, -0.15) is 0 Å². The second kappa shape index (κ2) is 8.43. The van der Waals surface area contributed by atoms with Crippen LogP contribution in [0.15, 0.2) is 59.5 Å². The van der Waals surface area contributed by atoms with Gasteiger partial charge >= 0.3 is 0 Å². The molecule has 8 nitrogen and oxygen atoms in total. The molecule has 3 heterocycles. The summed E-state index contributed by atoms with van der Waals surface area (Å²) in [6, 6.07) is 14.3. The van der Waals surface area contributed by atoms with E-state index in [1.165, 1.54) is 10.5 Å². The van der Waals surface area contributed by atoms with Crippen LogP contribution in [0.4, 0.5) is 5.82 Å². The average Bonchev–Trinajstić information content (AvgIpc) is 2.80. The predicted octanol–water partition coefficient (Wildman–Crippen LogP) is 2.07. The molecule has 0 bridgehead atoms. The van der Waals surface area contributed by atoms with Crippen LogP contribution in [0.2, 0.25) is 0 Å². The van der Waals surface area contributed by atoms with Gasteiger partial charge in [-0.3, -0.25) is 14.0 Å². The molecule has 0 aliphatic heterocycles. The highest BCUT2D eigenvalue weighted by Gasteiger charge is 2.23. The van der Waals surface area contributed by atoms with E-state index in [0.29, 0.717) is 29.8 Å². The zero-order valence-electron chi connectivity index (χ0n) is 17.5. The molecule has 1 amide bonds. The van der Waals surface area contributed by atoms with Crippen LogP contribution in [0.5, 0.6) is 5.75 Å². The van der Waals surface area contributed by atoms with Gasteiger partial charge in [0, 0.05) is 12.7 Å². The molecule has 0 unspecified atom stereocenters. The van der Waals surface area contributed by atoms with Gasteiger partial charge in [0.1, 0.15) is 16.7 Å². The minimum atomic E-state index is -0.349. The monoisotopic (exact) mass is 418 g/mol. The fraction of sp³-hybridized carbons (Fsp3) is 0.217. The highest BCUT2D eigenvalue weighted by molar-refractivity contribution is 6.00. The Morgan fingerprint density at radius 2 is 2.00 bits per heavy atom. The summed E-state index contributed by atoms with van der Waals surface area (Å²) >= 11 is 0. The summed E-state index contributed by atoms with van der Waals surface area (Å²) in [4.78, 5) is 30.7. The summed E-state index contributed by atoms with van der Waals surface area (Å²) in [6.45, 7) is 2.86. The molecule has 0 atom stereocenters. The zero-order valence-corrected chi connectivity index (χ0v) is 17.5. The zero-order chi connectivity index (χ0) is 22.0. The predicted molar refractivity (Wildman–Crippen MR) is 118 cm³/mol. The minimum Gasteiger partial charge on any atom is -0.497 e. The average molecular weight is 418 g/mol. The van der Waals surface area contributed by atoms with Gasteiger partial charge < -0.3 is 15.8 Å². The number of nitrogens with zero attached hydrogens (tertiary/aromatic N) is 3. The second-order valence-electron chi connectivity index (χ2n) is 7.21. The Kier molecular flexibility index (Phi) is 5.53. The Balaban J connectivity index is 1.76. The molecule has 4 aromatic rings. The second-order valence-corrected chi connectivity index (χ2v) is 7.21. The van der Waals surface area contributed by atoms with Gasteiger partial charge in [0.05, 0.1) is 13.7 Å². The molecule has 0 spiro atoms. The summed E-state index contributed by atoms with van der Waals surface area (Å²) in [5, 5.41) is 3.23. The van der Waals surface area contributed by atoms with E-state index in [4.69, 9.17) is 10.5 Å². The first kappa shape index (κ1) is 20.3. The standard InChI is InChI=1S/C23H23N5O3/c1-3-11-28-20(24)17(22(29)25-14-15-7-9-16(31-2)10-8-15)13-18-21(28)26-19-6-4-5-12-27(19)23(18)30/h4-10,12-13,24H,3,11,14H2,1-2H3,(H,25,29)/p+1. The molecule has 0 saturated heterocycles. The van der Waals surface area contributed by atoms with Crippen molar-refractivity contribution in [1.29, 1.82) is 0 Å². The van der Waals surface area contributed by atoms with Crippen LogP contribution in [-0.2, 0) is 13.1 Å². The van der Waals surface area contributed by atoms with Crippen LogP contribution in [-0.4, -0.2) is 22.4 Å². The fourth-order valence-corrected chi connectivity index (χ4v) is 3.55. The first-order valence-corrected chi connectivity index (χ1v) is 10.1. The third kappa shape index (κ3) is 3.79. The Bertz CT molecular complexity index is 1330. The Hall–Kier alpha value is -3.94. The smallest absolute Gasteiger partial charge is 0.278 e. The molecule has 0 aliphatic rings. The van der Waals surface area contributed by atoms with E-state index in [2.05, 4.69) is 10.3 Å². The van der Waals surface area contributed by atoms with E-state index in [0.717, 1.165) is 17.7 Å². The lowest BCUT2D eigenvalue weighted by molar-refractivity contribution is -0.658. The van der Waals surface area contributed by atoms with Crippen LogP contribution in [0.25, 0.3) is 16.7 Å². The molecule has 158 valence electrons. The number of rotatable bonds is 6. The molecule has 1 aromatic carbocycles. The van der Waals surface area contributed by atoms with Gasteiger partial charge in [0.2, 0.25) is 11.5 Å². The van der Waals surface area contributed by atoms with E-state index in [1.807, 2.05) is 37.3 Å². The lowest BCUT2D eigenvalue weighted by atomic mass is 10.1. The molecule has 8 heteroatoms. The Morgan fingerprint density at radius 3 is 2.71 bits per heavy atom. The lowest BCUT2D eigenvalue weighted by Gasteiger charge is -2.12. The summed E-state index contributed by atoms with van der Waals surface area (Å²) < 4.78 is 8.36. The largest absolute Gasteiger partial charge is 0.497 e. The highest BCUT2D eigenvalue weighted by atomic mass is 16.5. The van der Waals surface area contributed by atoms with Crippen molar-refractivity contribution in [3.63, 3.8) is 0 Å². The number of aryl methyl sites for hydroxylation is 1. The van der Waals surface area contributed by atoms with Crippen LogP contribution < -0.4 is 25.9 Å². The Morgan fingerprint density at radius 1 is 1.23 bits per heavy atom. The van der Waals surface area contributed by atoms with Crippen LogP contribution in [0.3, 0.4) is 0 Å². The maximum atomic E-state index is 13.1. The van der Waals surface area contributed by atoms with Gasteiger partial charge in [-0.05, 0) is 42.3 Å². The topological polar surface area (TPSA) is 103 Å². The maximum absolute atomic E-state index is 13.1. The highest BCUT2D eigenvalue weighted by Crippen LogP contribution is 2.16. The molecule has 31 heavy (non-hydrogen) atoms. The summed E-state index contributed by atoms with van der Waals surface area (Å²) in [5.74, 6) is 0.682. The number of hydrogen-bond donors (Lipinski definition) is 2. The number of nitrogen functional groups attached to an aromatic ring is 1. The molecule has 4 rings (SSSR count). The number of carbonyl (C=O) groups is 1. The van der Waals surface area contributed by atoms with E-state index in [1.54, 1.807) is 30.0 Å². The van der Waals surface area contributed by atoms with Crippen molar-refractivity contribution in [3.8, 4) is 5.75 Å². The van der Waals surface area contributed by atoms with Crippen LogP contribution in [0.1, 0.15) is 29.3 Å². The van der Waals surface area contributed by atoms with Crippen molar-refractivity contribution in [2.24, 2.45) is 0 Å². The molecule has 0 saturated carbocycles. The van der Waals surface area contributed by atoms with Crippen molar-refractivity contribution >= 4 is 28.4 Å². The van der Waals surface area contributed by atoms with Gasteiger partial charge in [-0.1, -0.05) is 30.1 Å². The number of amides is 1. The maximum Gasteiger partial charge on any atom is 0.278 e. The summed E-state index contributed by atoms with van der Waals surface area (Å²) in [5.41, 5.74) is 8.31. The number of pyridine rings is 2. The first-order valence-electron chi connectivity index (χ1n) is 10.1. The normalized spacial score (nSPS) is 11.0. The number of benzene rings is 1. The number of ether oxygens (including phenoxy) is 1. The number of methoxy groups -OCH3 is 1. The van der Waals surface area contributed by atoms with Crippen molar-refractivity contribution in [3.05, 3.63) is 76.2 Å². The number of nitrogens with one attached hydrogen (secondary N) is 1. The van der Waals surface area contributed by atoms with Crippen molar-refractivity contribution in [2.45, 2.75) is 26.4 Å². The minimum absolute atomic E-state index is 0.241. The fourth-order valence-electron chi connectivity index (χ4n) is 3.55. The van der Waals surface area contributed by atoms with Gasteiger partial charge in [0.25, 0.3) is 17.1 Å². The van der Waals surface area contributed by atoms with E-state index in [-0.39, 0.29) is 22.8 Å². The van der Waals surface area contributed by atoms with Crippen molar-refractivity contribution < 1.29 is 14.1 Å². The SMILES string of the molecule is CCC[n+]1c(N)c(C(=O)NCc2ccc(OC)cc2)cc2c(=O)n3ccccc3nc21. The van der Waals surface area contributed by atoms with Gasteiger partial charge in [0.15, 0.2) is 0 Å². The van der Waals surface area contributed by atoms with Crippen molar-refractivity contribution in [2.75, 3.05) is 12.8 Å². The molecule has 3 aromatic heterocycles. The molecule has 0 fully saturated rings. The quantitative estimate of drug-likeness (QED) is 0.369. The number of carbonyl (C=O) groups excluding carboxylic acids is 1. The number of hydrogen-bond acceptors (Lipinski definition) is 5. The number of nitrogens with two attached hydrogens (primary N) is 1. The summed E-state index contributed by atoms with van der Waals surface area (Å²) in [7, 11) is 1.60. The molecule has 0 radical (unpaired) electrons. The third-order valence-electron chi connectivity index (χ3n) is 5.16. The van der Waals surface area contributed by atoms with Gasteiger partial charge in [-0.25, -0.2) is 4.57 Å². The Labute approximate surface area is 178 Å². The van der Waals surface area contributed by atoms with E-state index >= 15 is 0 Å². The first-order chi connectivity index (χ1) is 15.0. The number of anilines is 1. The lowest BCUT2D eigenvalue weighted by Crippen LogP contribution is -2.42.